The number of hydrogen-bond acceptors (Lipinski definition) is 7. The first kappa shape index (κ1) is 18.8. The van der Waals surface area contributed by atoms with Gasteiger partial charge < -0.3 is 10.5 Å². The van der Waals surface area contributed by atoms with Gasteiger partial charge in [0.25, 0.3) is 11.4 Å². The Morgan fingerprint density at radius 2 is 1.67 bits per heavy atom. The van der Waals surface area contributed by atoms with Crippen LogP contribution in [0.4, 0.5) is 21.9 Å². The third kappa shape index (κ3) is 5.19. The van der Waals surface area contributed by atoms with E-state index in [2.05, 4.69) is 0 Å². The molecule has 0 fully saturated rings. The van der Waals surface area contributed by atoms with Gasteiger partial charge in [0.2, 0.25) is 0 Å². The third-order valence-electron chi connectivity index (χ3n) is 2.79. The molecule has 2 amide bonds. The smallest absolute Gasteiger partial charge is 0.319 e. The van der Waals surface area contributed by atoms with Crippen LogP contribution in [-0.2, 0) is 9.53 Å². The van der Waals surface area contributed by atoms with Gasteiger partial charge in [-0.15, -0.1) is 0 Å². The van der Waals surface area contributed by atoms with E-state index >= 15 is 0 Å². The number of nitro benzene ring substituents is 2. The monoisotopic (exact) mass is 340 g/mol. The molecule has 0 saturated heterocycles. The summed E-state index contributed by atoms with van der Waals surface area (Å²) in [6.45, 7) is 3.06. The van der Waals surface area contributed by atoms with E-state index < -0.39 is 33.2 Å². The summed E-state index contributed by atoms with van der Waals surface area (Å²) < 4.78 is 4.91. The molecule has 0 unspecified atom stereocenters. The average molecular weight is 340 g/mol. The molecule has 1 aromatic rings. The Balaban J connectivity index is 3.11. The van der Waals surface area contributed by atoms with Gasteiger partial charge in [0, 0.05) is 18.7 Å². The quantitative estimate of drug-likeness (QED) is 0.449. The Morgan fingerprint density at radius 1 is 1.17 bits per heavy atom. The molecule has 0 aromatic heterocycles. The molecule has 0 radical (unpaired) electrons. The summed E-state index contributed by atoms with van der Waals surface area (Å²) in [5, 5.41) is 21.8. The van der Waals surface area contributed by atoms with E-state index in [0.29, 0.717) is 0 Å². The average Bonchev–Trinajstić information content (AvgIpc) is 2.45. The number of carbonyl (C=O) groups excluding carboxylic acids is 2. The number of amides is 2. The zero-order valence-electron chi connectivity index (χ0n) is 13.0. The Morgan fingerprint density at radius 3 is 2.04 bits per heavy atom. The van der Waals surface area contributed by atoms with Crippen molar-refractivity contribution in [2.45, 2.75) is 26.4 Å². The number of esters is 1. The molecule has 130 valence electrons. The largest absolute Gasteiger partial charge is 0.463 e. The minimum absolute atomic E-state index is 0.152. The zero-order chi connectivity index (χ0) is 18.4. The molecule has 11 heteroatoms. The highest BCUT2D eigenvalue weighted by atomic mass is 16.6. The predicted octanol–water partition coefficient (Wildman–Crippen LogP) is 1.73. The number of hydrogen-bond donors (Lipinski definition) is 1. The number of nitrogens with two attached hydrogens (primary N) is 1. The predicted molar refractivity (Wildman–Crippen MR) is 82.5 cm³/mol. The van der Waals surface area contributed by atoms with Crippen molar-refractivity contribution in [3.63, 3.8) is 0 Å². The molecule has 0 bridgehead atoms. The van der Waals surface area contributed by atoms with Crippen molar-refractivity contribution in [2.75, 3.05) is 11.4 Å². The van der Waals surface area contributed by atoms with E-state index in [1.807, 2.05) is 0 Å². The van der Waals surface area contributed by atoms with E-state index in [1.165, 1.54) is 0 Å². The Bertz CT molecular complexity index is 642. The van der Waals surface area contributed by atoms with Crippen molar-refractivity contribution < 1.29 is 24.2 Å². The number of benzene rings is 1. The van der Waals surface area contributed by atoms with Crippen molar-refractivity contribution in [3.8, 4) is 0 Å². The summed E-state index contributed by atoms with van der Waals surface area (Å²) in [5.41, 5.74) is 3.90. The van der Waals surface area contributed by atoms with Gasteiger partial charge in [-0.05, 0) is 13.8 Å². The van der Waals surface area contributed by atoms with Gasteiger partial charge in [-0.2, -0.15) is 0 Å². The number of anilines is 1. The van der Waals surface area contributed by atoms with Crippen molar-refractivity contribution in [1.29, 1.82) is 0 Å². The molecule has 1 aromatic carbocycles. The molecule has 0 aliphatic carbocycles. The highest BCUT2D eigenvalue weighted by Gasteiger charge is 2.22. The van der Waals surface area contributed by atoms with Crippen LogP contribution in [0.25, 0.3) is 0 Å². The number of nitrogens with zero attached hydrogens (tertiary/aromatic N) is 3. The summed E-state index contributed by atoms with van der Waals surface area (Å²) in [4.78, 5) is 44.0. The van der Waals surface area contributed by atoms with Crippen LogP contribution in [0.3, 0.4) is 0 Å². The lowest BCUT2D eigenvalue weighted by Gasteiger charge is -2.20. The first-order chi connectivity index (χ1) is 11.1. The van der Waals surface area contributed by atoms with Crippen molar-refractivity contribution >= 4 is 29.1 Å². The van der Waals surface area contributed by atoms with E-state index in [4.69, 9.17) is 10.5 Å². The highest BCUT2D eigenvalue weighted by molar-refractivity contribution is 5.92. The first-order valence-corrected chi connectivity index (χ1v) is 6.82. The Labute approximate surface area is 136 Å². The van der Waals surface area contributed by atoms with Gasteiger partial charge in [-0.3, -0.25) is 29.9 Å². The van der Waals surface area contributed by atoms with Crippen LogP contribution in [0, 0.1) is 20.2 Å². The lowest BCUT2D eigenvalue weighted by atomic mass is 10.2. The molecule has 0 aliphatic heterocycles. The molecule has 0 aliphatic rings. The SMILES string of the molecule is CC(C)OC(=O)CCN(C(N)=O)c1cc([N+](=O)[O-])cc([N+](=O)[O-])c1. The lowest BCUT2D eigenvalue weighted by Crippen LogP contribution is -2.37. The van der Waals surface area contributed by atoms with Crippen LogP contribution >= 0.6 is 0 Å². The van der Waals surface area contributed by atoms with Crippen LogP contribution in [0.1, 0.15) is 20.3 Å². The molecular weight excluding hydrogens is 324 g/mol. The van der Waals surface area contributed by atoms with Gasteiger partial charge in [0.1, 0.15) is 0 Å². The van der Waals surface area contributed by atoms with Gasteiger partial charge in [0.05, 0.1) is 34.1 Å². The summed E-state index contributed by atoms with van der Waals surface area (Å²) in [7, 11) is 0. The molecule has 0 saturated carbocycles. The summed E-state index contributed by atoms with van der Waals surface area (Å²) >= 11 is 0. The lowest BCUT2D eigenvalue weighted by molar-refractivity contribution is -0.394. The van der Waals surface area contributed by atoms with Gasteiger partial charge in [-0.1, -0.05) is 0 Å². The molecule has 11 nitrogen and oxygen atoms in total. The number of urea groups is 1. The molecule has 2 N–H and O–H groups in total. The standard InChI is InChI=1S/C13H16N4O7/c1-8(2)24-12(18)3-4-15(13(14)19)9-5-10(16(20)21)7-11(6-9)17(22)23/h5-8H,3-4H2,1-2H3,(H2,14,19). The van der Waals surface area contributed by atoms with E-state index in [-0.39, 0.29) is 24.8 Å². The summed E-state index contributed by atoms with van der Waals surface area (Å²) in [6, 6.07) is 1.68. The minimum atomic E-state index is -1.01. The minimum Gasteiger partial charge on any atom is -0.463 e. The number of non-ortho nitro benzene ring substituents is 2. The maximum absolute atomic E-state index is 11.6. The van der Waals surface area contributed by atoms with Crippen molar-refractivity contribution in [3.05, 3.63) is 38.4 Å². The number of primary amides is 1. The van der Waals surface area contributed by atoms with Crippen LogP contribution in [-0.4, -0.2) is 34.5 Å². The van der Waals surface area contributed by atoms with Crippen LogP contribution in [0.5, 0.6) is 0 Å². The normalized spacial score (nSPS) is 10.3. The van der Waals surface area contributed by atoms with Crippen molar-refractivity contribution in [1.82, 2.24) is 0 Å². The maximum Gasteiger partial charge on any atom is 0.319 e. The van der Waals surface area contributed by atoms with E-state index in [9.17, 15) is 29.8 Å². The molecule has 0 heterocycles. The fourth-order valence-corrected chi connectivity index (χ4v) is 1.84. The molecule has 1 rings (SSSR count). The number of carbonyl (C=O) groups is 2. The van der Waals surface area contributed by atoms with E-state index in [1.54, 1.807) is 13.8 Å². The highest BCUT2D eigenvalue weighted by Crippen LogP contribution is 2.28. The van der Waals surface area contributed by atoms with Crippen molar-refractivity contribution in [2.24, 2.45) is 5.73 Å². The summed E-state index contributed by atoms with van der Waals surface area (Å²) in [6.07, 6.45) is -0.573. The van der Waals surface area contributed by atoms with Crippen LogP contribution in [0.2, 0.25) is 0 Å². The fraction of sp³-hybridized carbons (Fsp3) is 0.385. The van der Waals surface area contributed by atoms with Gasteiger partial charge >= 0.3 is 12.0 Å². The van der Waals surface area contributed by atoms with Gasteiger partial charge in [0.15, 0.2) is 0 Å². The van der Waals surface area contributed by atoms with E-state index in [0.717, 1.165) is 23.1 Å². The number of rotatable bonds is 7. The second-order valence-electron chi connectivity index (χ2n) is 5.00. The Hall–Kier alpha value is -3.24. The molecule has 0 atom stereocenters. The molecule has 0 spiro atoms. The second-order valence-corrected chi connectivity index (χ2v) is 5.00. The maximum atomic E-state index is 11.6. The van der Waals surface area contributed by atoms with Crippen LogP contribution < -0.4 is 10.6 Å². The topological polar surface area (TPSA) is 159 Å². The molecular formula is C13H16N4O7. The second kappa shape index (κ2) is 7.85. The molecule has 24 heavy (non-hydrogen) atoms. The number of nitro groups is 2. The zero-order valence-corrected chi connectivity index (χ0v) is 13.0. The summed E-state index contributed by atoms with van der Waals surface area (Å²) in [5.74, 6) is -0.601. The first-order valence-electron chi connectivity index (χ1n) is 6.82. The van der Waals surface area contributed by atoms with Gasteiger partial charge in [-0.25, -0.2) is 4.79 Å². The Kier molecular flexibility index (Phi) is 6.15. The fourth-order valence-electron chi connectivity index (χ4n) is 1.84. The number of ether oxygens (including phenoxy) is 1. The van der Waals surface area contributed by atoms with Crippen LogP contribution in [0.15, 0.2) is 18.2 Å². The third-order valence-corrected chi connectivity index (χ3v) is 2.79.